The summed E-state index contributed by atoms with van der Waals surface area (Å²) in [5.74, 6) is 0.0730. The minimum absolute atomic E-state index is 0.00941. The van der Waals surface area contributed by atoms with Gasteiger partial charge in [0.1, 0.15) is 12.1 Å². The lowest BCUT2D eigenvalue weighted by Gasteiger charge is -2.57. The standard InChI is InChI=1S/C37H53F3N2O4Si/c1-9-24-20-35(13-10-14-35)21-28(46-47(7,8)34(4,5)6)29(24)31-30(32(42-43)23(2)3)33(45-36(31)15-17-44-18-16-36)25-11-12-27(37(38,39)40)26(19-25)22-41/h11-12,19,23-24,28-29,32-33H,9-10,13-18,20-21H2,1-8H3. The van der Waals surface area contributed by atoms with E-state index in [2.05, 4.69) is 46.0 Å². The van der Waals surface area contributed by atoms with Gasteiger partial charge in [-0.1, -0.05) is 65.6 Å². The third-order valence-electron chi connectivity index (χ3n) is 12.3. The highest BCUT2D eigenvalue weighted by molar-refractivity contribution is 6.74. The van der Waals surface area contributed by atoms with Crippen LogP contribution in [0.25, 0.3) is 0 Å². The summed E-state index contributed by atoms with van der Waals surface area (Å²) in [5.41, 5.74) is 0.327. The van der Waals surface area contributed by atoms with Gasteiger partial charge in [0.05, 0.1) is 28.9 Å². The summed E-state index contributed by atoms with van der Waals surface area (Å²) in [4.78, 5) is 12.9. The molecule has 5 rings (SSSR count). The van der Waals surface area contributed by atoms with Crippen molar-refractivity contribution in [3.63, 3.8) is 0 Å². The Morgan fingerprint density at radius 2 is 1.77 bits per heavy atom. The molecular weight excluding hydrogens is 621 g/mol. The van der Waals surface area contributed by atoms with E-state index in [9.17, 15) is 23.3 Å². The number of nitroso groups, excluding NO2 is 1. The fourth-order valence-corrected chi connectivity index (χ4v) is 10.0. The van der Waals surface area contributed by atoms with Crippen LogP contribution in [0.1, 0.15) is 116 Å². The number of alkyl halides is 3. The van der Waals surface area contributed by atoms with Gasteiger partial charge in [-0.3, -0.25) is 0 Å². The number of nitrogens with zero attached hydrogens (tertiary/aromatic N) is 2. The molecular formula is C37H53F3N2O4Si. The number of benzene rings is 1. The highest BCUT2D eigenvalue weighted by atomic mass is 28.4. The average molecular weight is 675 g/mol. The number of halogens is 3. The van der Waals surface area contributed by atoms with Crippen molar-refractivity contribution in [3.05, 3.63) is 50.9 Å². The first-order valence-corrected chi connectivity index (χ1v) is 20.4. The molecule has 10 heteroatoms. The maximum atomic E-state index is 13.9. The summed E-state index contributed by atoms with van der Waals surface area (Å²) in [7, 11) is -2.25. The van der Waals surface area contributed by atoms with Gasteiger partial charge in [-0.05, 0) is 89.9 Å². The molecule has 3 fully saturated rings. The molecule has 47 heavy (non-hydrogen) atoms. The van der Waals surface area contributed by atoms with Crippen LogP contribution in [0.5, 0.6) is 0 Å². The second-order valence-corrected chi connectivity index (χ2v) is 21.3. The number of ether oxygens (including phenoxy) is 2. The van der Waals surface area contributed by atoms with E-state index < -0.39 is 43.4 Å². The zero-order valence-corrected chi connectivity index (χ0v) is 30.4. The Balaban J connectivity index is 1.77. The van der Waals surface area contributed by atoms with Crippen LogP contribution in [0.2, 0.25) is 18.1 Å². The Kier molecular flexibility index (Phi) is 10.0. The van der Waals surface area contributed by atoms with E-state index >= 15 is 0 Å². The van der Waals surface area contributed by atoms with E-state index in [4.69, 9.17) is 13.9 Å². The van der Waals surface area contributed by atoms with E-state index in [-0.39, 0.29) is 34.3 Å². The molecule has 1 saturated heterocycles. The van der Waals surface area contributed by atoms with Crippen molar-refractivity contribution in [1.82, 2.24) is 0 Å². The molecule has 1 aromatic rings. The predicted octanol–water partition coefficient (Wildman–Crippen LogP) is 10.3. The van der Waals surface area contributed by atoms with Crippen LogP contribution in [0.4, 0.5) is 13.2 Å². The summed E-state index contributed by atoms with van der Waals surface area (Å²) in [6.07, 6.45) is 2.19. The van der Waals surface area contributed by atoms with Gasteiger partial charge in [-0.25, -0.2) is 0 Å². The van der Waals surface area contributed by atoms with Crippen molar-refractivity contribution in [1.29, 1.82) is 5.26 Å². The van der Waals surface area contributed by atoms with Crippen LogP contribution in [0, 0.1) is 39.4 Å². The van der Waals surface area contributed by atoms with Gasteiger partial charge in [-0.15, -0.1) is 0 Å². The number of hydrogen-bond donors (Lipinski definition) is 0. The summed E-state index contributed by atoms with van der Waals surface area (Å²) < 4.78 is 62.1. The topological polar surface area (TPSA) is 80.9 Å². The molecule has 260 valence electrons. The third-order valence-corrected chi connectivity index (χ3v) is 16.8. The first kappa shape index (κ1) is 36.2. The fourth-order valence-electron chi connectivity index (χ4n) is 8.70. The van der Waals surface area contributed by atoms with E-state index in [1.807, 2.05) is 13.8 Å². The summed E-state index contributed by atoms with van der Waals surface area (Å²) in [6, 6.07) is 4.70. The molecule has 0 aromatic heterocycles. The maximum Gasteiger partial charge on any atom is 0.417 e. The Hall–Kier alpha value is -2.06. The second kappa shape index (κ2) is 13.0. The summed E-state index contributed by atoms with van der Waals surface area (Å²) in [5, 5.41) is 13.5. The van der Waals surface area contributed by atoms with Crippen LogP contribution in [0.3, 0.4) is 0 Å². The zero-order valence-electron chi connectivity index (χ0n) is 29.4. The van der Waals surface area contributed by atoms with Crippen LogP contribution in [-0.4, -0.2) is 39.3 Å². The Labute approximate surface area is 279 Å². The van der Waals surface area contributed by atoms with Gasteiger partial charge in [0.25, 0.3) is 0 Å². The van der Waals surface area contributed by atoms with Gasteiger partial charge >= 0.3 is 6.18 Å². The molecule has 2 aliphatic heterocycles. The van der Waals surface area contributed by atoms with Crippen molar-refractivity contribution in [2.45, 2.75) is 141 Å². The van der Waals surface area contributed by atoms with Gasteiger partial charge in [-0.2, -0.15) is 23.3 Å². The third kappa shape index (κ3) is 6.63. The Morgan fingerprint density at radius 3 is 2.26 bits per heavy atom. The quantitative estimate of drug-likeness (QED) is 0.156. The minimum Gasteiger partial charge on any atom is -0.413 e. The van der Waals surface area contributed by atoms with Crippen molar-refractivity contribution >= 4 is 8.32 Å². The lowest BCUT2D eigenvalue weighted by atomic mass is 9.52. The van der Waals surface area contributed by atoms with Gasteiger partial charge in [0, 0.05) is 32.0 Å². The van der Waals surface area contributed by atoms with Crippen molar-refractivity contribution in [2.75, 3.05) is 13.2 Å². The molecule has 1 aromatic carbocycles. The first-order chi connectivity index (χ1) is 21.9. The SMILES string of the molecule is CCC1CC2(CCC2)CC(O[Si](C)(C)C(C)(C)C)C1C1=C(C(N=O)C(C)C)C(c2ccc(C(F)(F)F)c(C#N)c2)OC12CCOCC2. The van der Waals surface area contributed by atoms with E-state index in [0.717, 1.165) is 36.5 Å². The molecule has 0 N–H and O–H groups in total. The molecule has 5 unspecified atom stereocenters. The summed E-state index contributed by atoms with van der Waals surface area (Å²) >= 11 is 0. The Morgan fingerprint density at radius 1 is 1.11 bits per heavy atom. The average Bonchev–Trinajstić information content (AvgIpc) is 3.27. The molecule has 6 nitrogen and oxygen atoms in total. The smallest absolute Gasteiger partial charge is 0.413 e. The zero-order chi connectivity index (χ0) is 34.6. The summed E-state index contributed by atoms with van der Waals surface area (Å²) in [6.45, 7) is 18.5. The lowest BCUT2D eigenvalue weighted by molar-refractivity contribution is -0.137. The molecule has 0 radical (unpaired) electrons. The predicted molar refractivity (Wildman–Crippen MR) is 179 cm³/mol. The van der Waals surface area contributed by atoms with E-state index in [1.54, 1.807) is 6.07 Å². The molecule has 4 aliphatic rings. The highest BCUT2D eigenvalue weighted by Gasteiger charge is 2.59. The van der Waals surface area contributed by atoms with Crippen LogP contribution < -0.4 is 0 Å². The van der Waals surface area contributed by atoms with Crippen molar-refractivity contribution in [2.24, 2.45) is 28.3 Å². The molecule has 0 amide bonds. The van der Waals surface area contributed by atoms with Crippen LogP contribution in [0.15, 0.2) is 34.5 Å². The molecule has 2 spiro atoms. The largest absolute Gasteiger partial charge is 0.417 e. The van der Waals surface area contributed by atoms with E-state index in [0.29, 0.717) is 31.6 Å². The Bertz CT molecular complexity index is 1400. The first-order valence-electron chi connectivity index (χ1n) is 17.5. The monoisotopic (exact) mass is 674 g/mol. The van der Waals surface area contributed by atoms with Crippen LogP contribution >= 0.6 is 0 Å². The molecule has 2 saturated carbocycles. The molecule has 2 aliphatic carbocycles. The van der Waals surface area contributed by atoms with Crippen molar-refractivity contribution in [3.8, 4) is 6.07 Å². The van der Waals surface area contributed by atoms with Gasteiger partial charge < -0.3 is 13.9 Å². The van der Waals surface area contributed by atoms with Crippen molar-refractivity contribution < 1.29 is 27.1 Å². The van der Waals surface area contributed by atoms with Gasteiger partial charge in [0.2, 0.25) is 0 Å². The number of nitriles is 1. The molecule has 2 heterocycles. The minimum atomic E-state index is -4.67. The number of hydrogen-bond acceptors (Lipinski definition) is 6. The highest BCUT2D eigenvalue weighted by Crippen LogP contribution is 2.63. The fraction of sp³-hybridized carbons (Fsp3) is 0.757. The second-order valence-electron chi connectivity index (χ2n) is 16.6. The lowest BCUT2D eigenvalue weighted by Crippen LogP contribution is -2.55. The van der Waals surface area contributed by atoms with E-state index in [1.165, 1.54) is 31.4 Å². The molecule has 5 atom stereocenters. The van der Waals surface area contributed by atoms with Crippen LogP contribution in [-0.2, 0) is 20.1 Å². The van der Waals surface area contributed by atoms with Gasteiger partial charge in [0.15, 0.2) is 8.32 Å². The molecule has 0 bridgehead atoms. The normalized spacial score (nSPS) is 28.4. The number of rotatable bonds is 8. The maximum absolute atomic E-state index is 13.9.